The molecule has 0 radical (unpaired) electrons. The lowest BCUT2D eigenvalue weighted by Gasteiger charge is -2.09. The van der Waals surface area contributed by atoms with Gasteiger partial charge in [0.05, 0.1) is 11.1 Å². The van der Waals surface area contributed by atoms with Crippen molar-refractivity contribution in [3.63, 3.8) is 0 Å². The van der Waals surface area contributed by atoms with Gasteiger partial charge in [0.15, 0.2) is 11.5 Å². The number of amides is 2. The Balaban J connectivity index is 2.08. The van der Waals surface area contributed by atoms with Crippen LogP contribution in [0.3, 0.4) is 0 Å². The van der Waals surface area contributed by atoms with Crippen molar-refractivity contribution in [1.82, 2.24) is 10.9 Å². The van der Waals surface area contributed by atoms with E-state index in [1.165, 1.54) is 30.3 Å². The number of phenols is 2. The zero-order valence-corrected chi connectivity index (χ0v) is 11.6. The largest absolute Gasteiger partial charge is 0.504 e. The minimum Gasteiger partial charge on any atom is -0.504 e. The molecule has 0 aromatic heterocycles. The molecule has 8 nitrogen and oxygen atoms in total. The second kappa shape index (κ2) is 6.48. The molecular weight excluding hydrogens is 304 g/mol. The highest BCUT2D eigenvalue weighted by Gasteiger charge is 2.16. The summed E-state index contributed by atoms with van der Waals surface area (Å²) in [7, 11) is 0. The molecule has 0 aliphatic carbocycles. The smallest absolute Gasteiger partial charge is 0.336 e. The number of benzene rings is 2. The molecular formula is C15H12N2O6. The highest BCUT2D eigenvalue weighted by molar-refractivity contribution is 6.05. The maximum Gasteiger partial charge on any atom is 0.336 e. The fraction of sp³-hybridized carbons (Fsp3) is 0. The van der Waals surface area contributed by atoms with Gasteiger partial charge in [0.2, 0.25) is 0 Å². The molecule has 2 aromatic rings. The van der Waals surface area contributed by atoms with E-state index in [0.717, 1.165) is 12.1 Å². The molecule has 0 saturated heterocycles. The van der Waals surface area contributed by atoms with Gasteiger partial charge in [0.1, 0.15) is 0 Å². The number of carboxylic acid groups (broad SMARTS) is 1. The van der Waals surface area contributed by atoms with Crippen LogP contribution in [-0.2, 0) is 0 Å². The standard InChI is InChI=1S/C15H12N2O6/c18-11-6-5-8(7-12(11)19)13(20)16-17-14(21)9-3-1-2-4-10(9)15(22)23/h1-7,18-19H,(H,16,20)(H,17,21)(H,22,23). The summed E-state index contributed by atoms with van der Waals surface area (Å²) in [6.45, 7) is 0. The summed E-state index contributed by atoms with van der Waals surface area (Å²) in [6.07, 6.45) is 0. The molecule has 8 heteroatoms. The van der Waals surface area contributed by atoms with Crippen LogP contribution in [0.25, 0.3) is 0 Å². The topological polar surface area (TPSA) is 136 Å². The van der Waals surface area contributed by atoms with Crippen LogP contribution in [0.2, 0.25) is 0 Å². The number of aromatic carboxylic acids is 1. The van der Waals surface area contributed by atoms with E-state index in [1.54, 1.807) is 0 Å². The Labute approximate surface area is 130 Å². The van der Waals surface area contributed by atoms with Crippen molar-refractivity contribution in [3.8, 4) is 11.5 Å². The minimum atomic E-state index is -1.27. The van der Waals surface area contributed by atoms with Crippen LogP contribution in [0.15, 0.2) is 42.5 Å². The van der Waals surface area contributed by atoms with Crippen LogP contribution in [0.1, 0.15) is 31.1 Å². The van der Waals surface area contributed by atoms with Crippen molar-refractivity contribution in [1.29, 1.82) is 0 Å². The lowest BCUT2D eigenvalue weighted by molar-refractivity contribution is 0.0690. The normalized spacial score (nSPS) is 9.91. The van der Waals surface area contributed by atoms with E-state index in [4.69, 9.17) is 10.2 Å². The third-order valence-electron chi connectivity index (χ3n) is 2.93. The first-order valence-electron chi connectivity index (χ1n) is 6.35. The number of carbonyl (C=O) groups is 3. The predicted molar refractivity (Wildman–Crippen MR) is 78.1 cm³/mol. The van der Waals surface area contributed by atoms with E-state index in [0.29, 0.717) is 0 Å². The summed E-state index contributed by atoms with van der Waals surface area (Å²) < 4.78 is 0. The van der Waals surface area contributed by atoms with E-state index >= 15 is 0 Å². The molecule has 0 spiro atoms. The number of phenolic OH excluding ortho intramolecular Hbond substituents is 2. The lowest BCUT2D eigenvalue weighted by atomic mass is 10.1. The second-order valence-electron chi connectivity index (χ2n) is 4.46. The highest BCUT2D eigenvalue weighted by atomic mass is 16.4. The van der Waals surface area contributed by atoms with Crippen molar-refractivity contribution in [2.24, 2.45) is 0 Å². The Morgan fingerprint density at radius 3 is 2.00 bits per heavy atom. The number of carboxylic acids is 1. The molecule has 0 aliphatic heterocycles. The Bertz CT molecular complexity index is 787. The van der Waals surface area contributed by atoms with Gasteiger partial charge in [0.25, 0.3) is 11.8 Å². The molecule has 5 N–H and O–H groups in total. The first kappa shape index (κ1) is 15.8. The summed E-state index contributed by atoms with van der Waals surface area (Å²) in [5, 5.41) is 27.5. The monoisotopic (exact) mass is 316 g/mol. The average Bonchev–Trinajstić information content (AvgIpc) is 2.54. The highest BCUT2D eigenvalue weighted by Crippen LogP contribution is 2.24. The molecule has 2 rings (SSSR count). The Kier molecular flexibility index (Phi) is 4.46. The van der Waals surface area contributed by atoms with Gasteiger partial charge in [-0.15, -0.1) is 0 Å². The lowest BCUT2D eigenvalue weighted by Crippen LogP contribution is -2.42. The number of hydrogen-bond acceptors (Lipinski definition) is 5. The van der Waals surface area contributed by atoms with Gasteiger partial charge in [-0.3, -0.25) is 20.4 Å². The zero-order chi connectivity index (χ0) is 17.0. The van der Waals surface area contributed by atoms with Crippen LogP contribution >= 0.6 is 0 Å². The molecule has 0 unspecified atom stereocenters. The van der Waals surface area contributed by atoms with Crippen LogP contribution in [0, 0.1) is 0 Å². The number of hydrogen-bond donors (Lipinski definition) is 5. The fourth-order valence-electron chi connectivity index (χ4n) is 1.79. The first-order chi connectivity index (χ1) is 10.9. The second-order valence-corrected chi connectivity index (χ2v) is 4.46. The Morgan fingerprint density at radius 1 is 0.783 bits per heavy atom. The maximum absolute atomic E-state index is 11.9. The van der Waals surface area contributed by atoms with E-state index < -0.39 is 23.5 Å². The Morgan fingerprint density at radius 2 is 1.39 bits per heavy atom. The average molecular weight is 316 g/mol. The van der Waals surface area contributed by atoms with E-state index in [2.05, 4.69) is 10.9 Å². The van der Waals surface area contributed by atoms with E-state index in [9.17, 15) is 19.5 Å². The third-order valence-corrected chi connectivity index (χ3v) is 2.93. The van der Waals surface area contributed by atoms with Crippen molar-refractivity contribution in [2.75, 3.05) is 0 Å². The number of carbonyl (C=O) groups excluding carboxylic acids is 2. The molecule has 0 aliphatic rings. The minimum absolute atomic E-state index is 0.00730. The Hall–Kier alpha value is -3.55. The molecule has 0 heterocycles. The molecule has 2 amide bonds. The van der Waals surface area contributed by atoms with Crippen molar-refractivity contribution in [2.45, 2.75) is 0 Å². The van der Waals surface area contributed by atoms with Gasteiger partial charge in [-0.05, 0) is 30.3 Å². The molecule has 118 valence electrons. The van der Waals surface area contributed by atoms with Crippen LogP contribution in [0.5, 0.6) is 11.5 Å². The van der Waals surface area contributed by atoms with Gasteiger partial charge in [0, 0.05) is 5.56 Å². The van der Waals surface area contributed by atoms with Crippen LogP contribution in [-0.4, -0.2) is 33.1 Å². The summed E-state index contributed by atoms with van der Waals surface area (Å²) >= 11 is 0. The van der Waals surface area contributed by atoms with Crippen molar-refractivity contribution in [3.05, 3.63) is 59.2 Å². The molecule has 0 saturated carbocycles. The van der Waals surface area contributed by atoms with E-state index in [1.807, 2.05) is 0 Å². The predicted octanol–water partition coefficient (Wildman–Crippen LogP) is 0.871. The van der Waals surface area contributed by atoms with Gasteiger partial charge < -0.3 is 15.3 Å². The van der Waals surface area contributed by atoms with Crippen molar-refractivity contribution < 1.29 is 29.7 Å². The zero-order valence-electron chi connectivity index (χ0n) is 11.6. The summed E-state index contributed by atoms with van der Waals surface area (Å²) in [5.74, 6) is -3.70. The first-order valence-corrected chi connectivity index (χ1v) is 6.35. The molecule has 23 heavy (non-hydrogen) atoms. The molecule has 2 aromatic carbocycles. The number of aromatic hydroxyl groups is 2. The number of rotatable bonds is 3. The number of hydrazine groups is 1. The molecule has 0 bridgehead atoms. The van der Waals surface area contributed by atoms with Gasteiger partial charge in [-0.2, -0.15) is 0 Å². The summed E-state index contributed by atoms with van der Waals surface area (Å²) in [5.41, 5.74) is 3.84. The fourth-order valence-corrected chi connectivity index (χ4v) is 1.79. The molecule has 0 atom stereocenters. The van der Waals surface area contributed by atoms with Gasteiger partial charge in [-0.1, -0.05) is 12.1 Å². The van der Waals surface area contributed by atoms with E-state index in [-0.39, 0.29) is 22.4 Å². The summed E-state index contributed by atoms with van der Waals surface area (Å²) in [4.78, 5) is 34.8. The van der Waals surface area contributed by atoms with Gasteiger partial charge >= 0.3 is 5.97 Å². The van der Waals surface area contributed by atoms with Crippen LogP contribution < -0.4 is 10.9 Å². The van der Waals surface area contributed by atoms with Crippen molar-refractivity contribution >= 4 is 17.8 Å². The SMILES string of the molecule is O=C(NNC(=O)c1ccccc1C(=O)O)c1ccc(O)c(O)c1. The third kappa shape index (κ3) is 3.56. The summed E-state index contributed by atoms with van der Waals surface area (Å²) in [6, 6.07) is 8.89. The number of nitrogens with one attached hydrogen (secondary N) is 2. The quantitative estimate of drug-likeness (QED) is 0.421. The van der Waals surface area contributed by atoms with Gasteiger partial charge in [-0.25, -0.2) is 4.79 Å². The van der Waals surface area contributed by atoms with Crippen LogP contribution in [0.4, 0.5) is 0 Å². The molecule has 0 fully saturated rings. The maximum atomic E-state index is 11.9.